The number of aliphatic hydroxyl groups excluding tert-OH is 1. The van der Waals surface area contributed by atoms with Crippen molar-refractivity contribution in [2.45, 2.75) is 38.3 Å². The summed E-state index contributed by atoms with van der Waals surface area (Å²) in [4.78, 5) is 20.0. The number of rotatable bonds is 4. The van der Waals surface area contributed by atoms with Crippen molar-refractivity contribution < 1.29 is 9.90 Å². The van der Waals surface area contributed by atoms with Crippen molar-refractivity contribution in [1.29, 1.82) is 0 Å². The van der Waals surface area contributed by atoms with E-state index in [4.69, 9.17) is 5.73 Å². The zero-order valence-corrected chi connectivity index (χ0v) is 17.6. The highest BCUT2D eigenvalue weighted by Gasteiger charge is 2.28. The number of primary amides is 1. The Morgan fingerprint density at radius 1 is 1.29 bits per heavy atom. The number of anilines is 1. The Kier molecular flexibility index (Phi) is 4.66. The van der Waals surface area contributed by atoms with Crippen LogP contribution in [0.15, 0.2) is 36.8 Å². The van der Waals surface area contributed by atoms with Crippen LogP contribution in [0, 0.1) is 5.92 Å². The largest absolute Gasteiger partial charge is 0.393 e. The highest BCUT2D eigenvalue weighted by molar-refractivity contribution is 6.18. The fourth-order valence-electron chi connectivity index (χ4n) is 4.71. The molecule has 8 nitrogen and oxygen atoms in total. The number of amides is 1. The van der Waals surface area contributed by atoms with Crippen LogP contribution in [0.3, 0.4) is 0 Å². The van der Waals surface area contributed by atoms with E-state index >= 15 is 0 Å². The molecule has 1 saturated carbocycles. The number of carbonyl (C=O) groups is 1. The van der Waals surface area contributed by atoms with Crippen molar-refractivity contribution in [1.82, 2.24) is 19.7 Å². The number of hydrogen-bond donors (Lipinski definition) is 4. The van der Waals surface area contributed by atoms with Gasteiger partial charge in [-0.1, -0.05) is 19.1 Å². The third-order valence-corrected chi connectivity index (χ3v) is 6.39. The molecule has 0 aliphatic heterocycles. The normalized spacial score (nSPS) is 21.6. The zero-order valence-electron chi connectivity index (χ0n) is 17.6. The molecule has 3 aromatic heterocycles. The first-order valence-electron chi connectivity index (χ1n) is 10.6. The number of nitrogens with zero attached hydrogens (tertiary/aromatic N) is 3. The first kappa shape index (κ1) is 19.6. The lowest BCUT2D eigenvalue weighted by Crippen LogP contribution is -2.35. The summed E-state index contributed by atoms with van der Waals surface area (Å²) >= 11 is 0. The number of nitrogens with one attached hydrogen (secondary N) is 2. The molecule has 0 spiro atoms. The summed E-state index contributed by atoms with van der Waals surface area (Å²) in [7, 11) is 1.89. The predicted molar refractivity (Wildman–Crippen MR) is 121 cm³/mol. The van der Waals surface area contributed by atoms with Gasteiger partial charge < -0.3 is 21.1 Å². The van der Waals surface area contributed by atoms with Gasteiger partial charge in [0, 0.05) is 41.9 Å². The van der Waals surface area contributed by atoms with Crippen LogP contribution in [-0.2, 0) is 7.05 Å². The average Bonchev–Trinajstić information content (AvgIpc) is 3.33. The Balaban J connectivity index is 1.64. The molecule has 1 aliphatic carbocycles. The smallest absolute Gasteiger partial charge is 0.252 e. The Labute approximate surface area is 179 Å². The molecule has 1 aliphatic rings. The minimum Gasteiger partial charge on any atom is -0.393 e. The molecule has 1 fully saturated rings. The lowest BCUT2D eigenvalue weighted by molar-refractivity contribution is 0.0993. The summed E-state index contributed by atoms with van der Waals surface area (Å²) in [6.07, 6.45) is 7.49. The van der Waals surface area contributed by atoms with Gasteiger partial charge in [0.2, 0.25) is 0 Å². The monoisotopic (exact) mass is 418 g/mol. The van der Waals surface area contributed by atoms with Crippen LogP contribution in [0.5, 0.6) is 0 Å². The third-order valence-electron chi connectivity index (χ3n) is 6.39. The summed E-state index contributed by atoms with van der Waals surface area (Å²) in [5.41, 5.74) is 9.65. The van der Waals surface area contributed by atoms with E-state index in [0.29, 0.717) is 17.0 Å². The Morgan fingerprint density at radius 3 is 2.84 bits per heavy atom. The van der Waals surface area contributed by atoms with Gasteiger partial charge in [-0.15, -0.1) is 0 Å². The fraction of sp³-hybridized carbons (Fsp3) is 0.348. The molecule has 1 amide bonds. The van der Waals surface area contributed by atoms with Gasteiger partial charge in [-0.3, -0.25) is 9.48 Å². The predicted octanol–water partition coefficient (Wildman–Crippen LogP) is 3.18. The van der Waals surface area contributed by atoms with Crippen molar-refractivity contribution in [2.24, 2.45) is 18.7 Å². The molecule has 1 aromatic carbocycles. The molecule has 5 N–H and O–H groups in total. The molecule has 0 unspecified atom stereocenters. The summed E-state index contributed by atoms with van der Waals surface area (Å²) < 4.78 is 1.77. The molecular weight excluding hydrogens is 392 g/mol. The Hall–Kier alpha value is -3.39. The van der Waals surface area contributed by atoms with Gasteiger partial charge in [-0.05, 0) is 36.8 Å². The topological polar surface area (TPSA) is 122 Å². The van der Waals surface area contributed by atoms with Gasteiger partial charge >= 0.3 is 0 Å². The molecule has 160 valence electrons. The van der Waals surface area contributed by atoms with Gasteiger partial charge in [0.1, 0.15) is 5.82 Å². The van der Waals surface area contributed by atoms with Crippen LogP contribution in [0.2, 0.25) is 0 Å². The number of H-pyrrole nitrogens is 1. The lowest BCUT2D eigenvalue weighted by Gasteiger charge is -2.33. The molecule has 3 atom stereocenters. The van der Waals surface area contributed by atoms with Gasteiger partial charge in [0.15, 0.2) is 0 Å². The van der Waals surface area contributed by atoms with E-state index in [9.17, 15) is 9.90 Å². The number of carbonyl (C=O) groups excluding carboxylic acids is 1. The SMILES string of the molecule is C[C@H]1C[C@H](O)CC[C@H]1Nc1ncc(C(N)=O)c2[nH]c3cc(-c4cnn(C)c4)ccc3c12. The summed E-state index contributed by atoms with van der Waals surface area (Å²) in [6.45, 7) is 2.14. The van der Waals surface area contributed by atoms with E-state index in [1.165, 1.54) is 6.20 Å². The first-order valence-corrected chi connectivity index (χ1v) is 10.6. The van der Waals surface area contributed by atoms with Crippen LogP contribution in [-0.4, -0.2) is 42.9 Å². The maximum atomic E-state index is 12.1. The second kappa shape index (κ2) is 7.39. The molecular formula is C23H26N6O2. The number of aromatic nitrogens is 4. The minimum absolute atomic E-state index is 0.207. The second-order valence-corrected chi connectivity index (χ2v) is 8.62. The molecule has 5 rings (SSSR count). The first-order chi connectivity index (χ1) is 14.9. The van der Waals surface area contributed by atoms with Crippen LogP contribution in [0.1, 0.15) is 36.5 Å². The number of aliphatic hydroxyl groups is 1. The van der Waals surface area contributed by atoms with Crippen molar-refractivity contribution in [3.63, 3.8) is 0 Å². The molecule has 31 heavy (non-hydrogen) atoms. The highest BCUT2D eigenvalue weighted by atomic mass is 16.3. The molecule has 0 bridgehead atoms. The quantitative estimate of drug-likeness (QED) is 0.405. The van der Waals surface area contributed by atoms with E-state index < -0.39 is 5.91 Å². The third kappa shape index (κ3) is 3.42. The standard InChI is InChI=1S/C23H26N6O2/c1-12-7-15(30)4-6-18(12)28-23-20-16-5-3-13(14-9-26-29(2)11-14)8-19(16)27-21(20)17(10-25-23)22(24)31/h3,5,8-12,15,18,27,30H,4,6-7H2,1-2H3,(H2,24,31)(H,25,28)/t12-,15+,18+/m0/s1. The van der Waals surface area contributed by atoms with E-state index in [2.05, 4.69) is 33.4 Å². The molecule has 8 heteroatoms. The van der Waals surface area contributed by atoms with Crippen molar-refractivity contribution >= 4 is 33.5 Å². The number of benzene rings is 1. The van der Waals surface area contributed by atoms with Crippen molar-refractivity contribution in [2.75, 3.05) is 5.32 Å². The zero-order chi connectivity index (χ0) is 21.7. The maximum Gasteiger partial charge on any atom is 0.252 e. The fourth-order valence-corrected chi connectivity index (χ4v) is 4.71. The van der Waals surface area contributed by atoms with E-state index in [-0.39, 0.29) is 12.1 Å². The number of pyridine rings is 1. The van der Waals surface area contributed by atoms with Gasteiger partial charge in [-0.25, -0.2) is 4.98 Å². The van der Waals surface area contributed by atoms with Gasteiger partial charge in [0.25, 0.3) is 5.91 Å². The summed E-state index contributed by atoms with van der Waals surface area (Å²) in [6, 6.07) is 6.36. The Morgan fingerprint density at radius 2 is 2.13 bits per heavy atom. The van der Waals surface area contributed by atoms with Crippen LogP contribution < -0.4 is 11.1 Å². The highest BCUT2D eigenvalue weighted by Crippen LogP contribution is 2.36. The molecule has 0 saturated heterocycles. The number of aryl methyl sites for hydroxylation is 1. The Bertz CT molecular complexity index is 1290. The summed E-state index contributed by atoms with van der Waals surface area (Å²) in [5.74, 6) is 0.532. The molecule has 0 radical (unpaired) electrons. The molecule has 3 heterocycles. The summed E-state index contributed by atoms with van der Waals surface area (Å²) in [5, 5.41) is 19.6. The number of aromatic amines is 1. The van der Waals surface area contributed by atoms with E-state index in [0.717, 1.165) is 52.5 Å². The van der Waals surface area contributed by atoms with Crippen LogP contribution in [0.25, 0.3) is 32.9 Å². The van der Waals surface area contributed by atoms with Gasteiger partial charge in [-0.2, -0.15) is 5.10 Å². The maximum absolute atomic E-state index is 12.1. The second-order valence-electron chi connectivity index (χ2n) is 8.62. The minimum atomic E-state index is -0.516. The number of nitrogens with two attached hydrogens (primary N) is 1. The van der Waals surface area contributed by atoms with Crippen LogP contribution >= 0.6 is 0 Å². The van der Waals surface area contributed by atoms with E-state index in [1.807, 2.05) is 31.6 Å². The van der Waals surface area contributed by atoms with Crippen molar-refractivity contribution in [3.8, 4) is 11.1 Å². The van der Waals surface area contributed by atoms with Crippen molar-refractivity contribution in [3.05, 3.63) is 42.4 Å². The number of hydrogen-bond acceptors (Lipinski definition) is 5. The van der Waals surface area contributed by atoms with Gasteiger partial charge in [0.05, 0.1) is 28.8 Å². The number of fused-ring (bicyclic) bond motifs is 3. The van der Waals surface area contributed by atoms with E-state index in [1.54, 1.807) is 4.68 Å². The molecule has 4 aromatic rings. The lowest BCUT2D eigenvalue weighted by atomic mass is 9.84. The van der Waals surface area contributed by atoms with Crippen LogP contribution in [0.4, 0.5) is 5.82 Å². The average molecular weight is 419 g/mol.